The Morgan fingerprint density at radius 3 is 2.75 bits per heavy atom. The summed E-state index contributed by atoms with van der Waals surface area (Å²) in [4.78, 5) is 16.5. The second-order valence-electron chi connectivity index (χ2n) is 5.62. The molecule has 0 saturated carbocycles. The van der Waals surface area contributed by atoms with Gasteiger partial charge in [-0.25, -0.2) is 4.98 Å². The Morgan fingerprint density at radius 1 is 1.29 bits per heavy atom. The number of thiazole rings is 1. The number of benzene rings is 1. The molecule has 1 amide bonds. The first-order chi connectivity index (χ1) is 11.7. The van der Waals surface area contributed by atoms with Crippen LogP contribution in [0.1, 0.15) is 41.6 Å². The van der Waals surface area contributed by atoms with Gasteiger partial charge in [0.05, 0.1) is 5.69 Å². The summed E-state index contributed by atoms with van der Waals surface area (Å²) in [6.07, 6.45) is 3.50. The first-order valence-corrected chi connectivity index (χ1v) is 8.83. The molecule has 0 atom stereocenters. The molecule has 0 fully saturated rings. The first kappa shape index (κ1) is 16.4. The fourth-order valence-corrected chi connectivity index (χ4v) is 3.04. The standard InChI is InChI=1S/C18H19N3O2S/c1-3-4-5-13-6-8-14(9-7-13)16-11-24-18(19-16)20-17(22)15-10-12(2)23-21-15/h6-11H,3-5H2,1-2H3,(H,19,20,22). The van der Waals surface area contributed by atoms with Crippen molar-refractivity contribution in [1.29, 1.82) is 0 Å². The second-order valence-corrected chi connectivity index (χ2v) is 6.47. The Bertz CT molecular complexity index is 821. The van der Waals surface area contributed by atoms with Gasteiger partial charge < -0.3 is 4.52 Å². The molecule has 6 heteroatoms. The summed E-state index contributed by atoms with van der Waals surface area (Å²) in [6, 6.07) is 10.0. The van der Waals surface area contributed by atoms with Crippen LogP contribution in [0.4, 0.5) is 5.13 Å². The van der Waals surface area contributed by atoms with Crippen molar-refractivity contribution < 1.29 is 9.32 Å². The molecule has 0 radical (unpaired) electrons. The van der Waals surface area contributed by atoms with Crippen molar-refractivity contribution >= 4 is 22.4 Å². The predicted molar refractivity (Wildman–Crippen MR) is 95.4 cm³/mol. The number of hydrogen-bond acceptors (Lipinski definition) is 5. The fourth-order valence-electron chi connectivity index (χ4n) is 2.32. The SMILES string of the molecule is CCCCc1ccc(-c2csc(NC(=O)c3cc(C)on3)n2)cc1. The Kier molecular flexibility index (Phi) is 5.05. The Labute approximate surface area is 144 Å². The molecular formula is C18H19N3O2S. The van der Waals surface area contributed by atoms with Gasteiger partial charge in [-0.15, -0.1) is 11.3 Å². The minimum absolute atomic E-state index is 0.254. The van der Waals surface area contributed by atoms with Crippen LogP contribution in [0.15, 0.2) is 40.2 Å². The van der Waals surface area contributed by atoms with Crippen LogP contribution in [-0.4, -0.2) is 16.0 Å². The molecule has 2 heterocycles. The molecule has 0 aliphatic rings. The lowest BCUT2D eigenvalue weighted by molar-refractivity contribution is 0.101. The van der Waals surface area contributed by atoms with E-state index in [0.717, 1.165) is 17.7 Å². The van der Waals surface area contributed by atoms with Crippen molar-refractivity contribution in [2.24, 2.45) is 0 Å². The van der Waals surface area contributed by atoms with Gasteiger partial charge in [-0.2, -0.15) is 0 Å². The Morgan fingerprint density at radius 2 is 2.08 bits per heavy atom. The number of rotatable bonds is 6. The minimum Gasteiger partial charge on any atom is -0.361 e. The molecule has 0 unspecified atom stereocenters. The number of aryl methyl sites for hydroxylation is 2. The van der Waals surface area contributed by atoms with Crippen LogP contribution >= 0.6 is 11.3 Å². The van der Waals surface area contributed by atoms with Crippen molar-refractivity contribution in [3.63, 3.8) is 0 Å². The summed E-state index contributed by atoms with van der Waals surface area (Å²) in [6.45, 7) is 3.94. The number of nitrogens with zero attached hydrogens (tertiary/aromatic N) is 2. The summed E-state index contributed by atoms with van der Waals surface area (Å²) in [5.74, 6) is 0.283. The molecule has 0 spiro atoms. The largest absolute Gasteiger partial charge is 0.361 e. The summed E-state index contributed by atoms with van der Waals surface area (Å²) < 4.78 is 4.91. The molecule has 1 aromatic carbocycles. The van der Waals surface area contributed by atoms with E-state index in [1.165, 1.54) is 29.7 Å². The van der Waals surface area contributed by atoms with Crippen LogP contribution in [0.2, 0.25) is 0 Å². The molecule has 0 saturated heterocycles. The number of carbonyl (C=O) groups is 1. The van der Waals surface area contributed by atoms with Crippen molar-refractivity contribution in [3.8, 4) is 11.3 Å². The van der Waals surface area contributed by atoms with E-state index in [9.17, 15) is 4.79 Å². The zero-order chi connectivity index (χ0) is 16.9. The third-order valence-corrected chi connectivity index (χ3v) is 4.41. The van der Waals surface area contributed by atoms with E-state index >= 15 is 0 Å². The number of amides is 1. The maximum atomic E-state index is 12.1. The minimum atomic E-state index is -0.317. The van der Waals surface area contributed by atoms with Crippen LogP contribution in [0.25, 0.3) is 11.3 Å². The highest BCUT2D eigenvalue weighted by atomic mass is 32.1. The number of carbonyl (C=O) groups excluding carboxylic acids is 1. The van der Waals surface area contributed by atoms with Crippen molar-refractivity contribution in [1.82, 2.24) is 10.1 Å². The topological polar surface area (TPSA) is 68.0 Å². The Hall–Kier alpha value is -2.47. The normalized spacial score (nSPS) is 10.8. The molecule has 24 heavy (non-hydrogen) atoms. The van der Waals surface area contributed by atoms with Gasteiger partial charge in [0.2, 0.25) is 0 Å². The smallest absolute Gasteiger partial charge is 0.279 e. The molecule has 5 nitrogen and oxygen atoms in total. The van der Waals surface area contributed by atoms with Crippen LogP contribution in [0.5, 0.6) is 0 Å². The first-order valence-electron chi connectivity index (χ1n) is 7.95. The van der Waals surface area contributed by atoms with Gasteiger partial charge in [-0.3, -0.25) is 10.1 Å². The number of unbranched alkanes of at least 4 members (excludes halogenated alkanes) is 1. The highest BCUT2D eigenvalue weighted by Gasteiger charge is 2.13. The lowest BCUT2D eigenvalue weighted by Gasteiger charge is -2.01. The average molecular weight is 341 g/mol. The lowest BCUT2D eigenvalue weighted by Crippen LogP contribution is -2.11. The van der Waals surface area contributed by atoms with Crippen molar-refractivity contribution in [3.05, 3.63) is 52.7 Å². The van der Waals surface area contributed by atoms with Gasteiger partial charge in [0.1, 0.15) is 5.76 Å². The highest BCUT2D eigenvalue weighted by molar-refractivity contribution is 7.14. The quantitative estimate of drug-likeness (QED) is 0.705. The maximum Gasteiger partial charge on any atom is 0.279 e. The van der Waals surface area contributed by atoms with E-state index in [2.05, 4.69) is 46.6 Å². The van der Waals surface area contributed by atoms with E-state index in [1.807, 2.05) is 5.38 Å². The number of aromatic nitrogens is 2. The van der Waals surface area contributed by atoms with E-state index in [1.54, 1.807) is 13.0 Å². The van der Waals surface area contributed by atoms with Gasteiger partial charge in [-0.05, 0) is 25.3 Å². The number of hydrogen-bond donors (Lipinski definition) is 1. The van der Waals surface area contributed by atoms with E-state index < -0.39 is 0 Å². The molecule has 3 rings (SSSR count). The van der Waals surface area contributed by atoms with Gasteiger partial charge in [-0.1, -0.05) is 42.8 Å². The molecule has 0 bridgehead atoms. The fraction of sp³-hybridized carbons (Fsp3) is 0.278. The molecule has 1 N–H and O–H groups in total. The average Bonchev–Trinajstić information content (AvgIpc) is 3.22. The monoisotopic (exact) mass is 341 g/mol. The van der Waals surface area contributed by atoms with E-state index in [0.29, 0.717) is 10.9 Å². The summed E-state index contributed by atoms with van der Waals surface area (Å²) in [5, 5.41) is 8.93. The van der Waals surface area contributed by atoms with Crippen molar-refractivity contribution in [2.45, 2.75) is 33.1 Å². The molecule has 2 aromatic heterocycles. The van der Waals surface area contributed by atoms with Gasteiger partial charge >= 0.3 is 0 Å². The summed E-state index contributed by atoms with van der Waals surface area (Å²) in [5.41, 5.74) is 3.49. The van der Waals surface area contributed by atoms with E-state index in [4.69, 9.17) is 4.52 Å². The Balaban J connectivity index is 1.67. The molecule has 0 aliphatic heterocycles. The zero-order valence-corrected chi connectivity index (χ0v) is 14.5. The van der Waals surface area contributed by atoms with Crippen LogP contribution in [0.3, 0.4) is 0 Å². The lowest BCUT2D eigenvalue weighted by atomic mass is 10.1. The third-order valence-electron chi connectivity index (χ3n) is 3.65. The number of anilines is 1. The van der Waals surface area contributed by atoms with Gasteiger partial charge in [0, 0.05) is 17.0 Å². The zero-order valence-electron chi connectivity index (χ0n) is 13.7. The van der Waals surface area contributed by atoms with E-state index in [-0.39, 0.29) is 11.6 Å². The molecule has 0 aliphatic carbocycles. The van der Waals surface area contributed by atoms with Crippen molar-refractivity contribution in [2.75, 3.05) is 5.32 Å². The second kappa shape index (κ2) is 7.40. The summed E-state index contributed by atoms with van der Waals surface area (Å²) in [7, 11) is 0. The highest BCUT2D eigenvalue weighted by Crippen LogP contribution is 2.25. The third kappa shape index (κ3) is 3.89. The van der Waals surface area contributed by atoms with Crippen LogP contribution < -0.4 is 5.32 Å². The maximum absolute atomic E-state index is 12.1. The number of nitrogens with one attached hydrogen (secondary N) is 1. The molecular weight excluding hydrogens is 322 g/mol. The molecule has 124 valence electrons. The summed E-state index contributed by atoms with van der Waals surface area (Å²) >= 11 is 1.39. The predicted octanol–water partition coefficient (Wildman–Crippen LogP) is 4.70. The van der Waals surface area contributed by atoms with Gasteiger partial charge in [0.25, 0.3) is 5.91 Å². The van der Waals surface area contributed by atoms with Gasteiger partial charge in [0.15, 0.2) is 10.8 Å². The van der Waals surface area contributed by atoms with Crippen LogP contribution in [-0.2, 0) is 6.42 Å². The molecule has 3 aromatic rings. The van der Waals surface area contributed by atoms with Crippen LogP contribution in [0, 0.1) is 6.92 Å².